The van der Waals surface area contributed by atoms with Gasteiger partial charge >= 0.3 is 5.97 Å². The molecule has 0 bridgehead atoms. The minimum Gasteiger partial charge on any atom is -0.459 e. The van der Waals surface area contributed by atoms with E-state index >= 15 is 0 Å². The summed E-state index contributed by atoms with van der Waals surface area (Å²) in [7, 11) is 1.28. The van der Waals surface area contributed by atoms with Gasteiger partial charge in [0.25, 0.3) is 0 Å². The zero-order valence-electron chi connectivity index (χ0n) is 5.92. The van der Waals surface area contributed by atoms with Gasteiger partial charge in [-0.25, -0.2) is 4.79 Å². The number of nitrogens with zero attached hydrogens (tertiary/aromatic N) is 1. The third-order valence-electron chi connectivity index (χ3n) is 0.985. The van der Waals surface area contributed by atoms with E-state index in [-0.39, 0.29) is 0 Å². The van der Waals surface area contributed by atoms with Crippen LogP contribution in [0.2, 0.25) is 0 Å². The van der Waals surface area contributed by atoms with E-state index in [1.165, 1.54) is 7.11 Å². The SMILES string of the molecule is COC(=O)C#Cc1ccn[nH]1. The van der Waals surface area contributed by atoms with Crippen LogP contribution in [0.1, 0.15) is 5.69 Å². The van der Waals surface area contributed by atoms with Crippen molar-refractivity contribution in [2.75, 3.05) is 7.11 Å². The molecule has 0 unspecified atom stereocenters. The predicted molar refractivity (Wildman–Crippen MR) is 37.5 cm³/mol. The molecule has 11 heavy (non-hydrogen) atoms. The lowest BCUT2D eigenvalue weighted by molar-refractivity contribution is -0.133. The molecule has 0 amide bonds. The lowest BCUT2D eigenvalue weighted by atomic mass is 10.4. The predicted octanol–water partition coefficient (Wildman–Crippen LogP) is -0.0658. The summed E-state index contributed by atoms with van der Waals surface area (Å²) in [5, 5.41) is 6.23. The molecule has 0 atom stereocenters. The number of aromatic nitrogens is 2. The molecule has 4 heteroatoms. The molecule has 1 aromatic rings. The maximum absolute atomic E-state index is 10.5. The Balaban J connectivity index is 2.66. The van der Waals surface area contributed by atoms with Crippen molar-refractivity contribution in [1.29, 1.82) is 0 Å². The molecule has 1 rings (SSSR count). The Bertz CT molecular complexity index is 292. The van der Waals surface area contributed by atoms with Crippen molar-refractivity contribution in [3.8, 4) is 11.8 Å². The fourth-order valence-corrected chi connectivity index (χ4v) is 0.495. The van der Waals surface area contributed by atoms with Crippen molar-refractivity contribution < 1.29 is 9.53 Å². The van der Waals surface area contributed by atoms with Gasteiger partial charge in [-0.1, -0.05) is 0 Å². The highest BCUT2D eigenvalue weighted by atomic mass is 16.5. The van der Waals surface area contributed by atoms with Crippen LogP contribution in [0, 0.1) is 11.8 Å². The molecule has 56 valence electrons. The molecule has 1 heterocycles. The van der Waals surface area contributed by atoms with Crippen LogP contribution in [0.15, 0.2) is 12.3 Å². The molecular weight excluding hydrogens is 144 g/mol. The first-order chi connectivity index (χ1) is 5.33. The van der Waals surface area contributed by atoms with Gasteiger partial charge in [0.05, 0.1) is 7.11 Å². The molecular formula is C7H6N2O2. The van der Waals surface area contributed by atoms with Crippen LogP contribution in [0.5, 0.6) is 0 Å². The lowest BCUT2D eigenvalue weighted by Crippen LogP contribution is -1.94. The smallest absolute Gasteiger partial charge is 0.384 e. The summed E-state index contributed by atoms with van der Waals surface area (Å²) in [5.41, 5.74) is 0.593. The van der Waals surface area contributed by atoms with Gasteiger partial charge in [-0.15, -0.1) is 0 Å². The summed E-state index contributed by atoms with van der Waals surface area (Å²) in [5.74, 6) is 4.23. The molecule has 0 fully saturated rings. The number of nitrogens with one attached hydrogen (secondary N) is 1. The largest absolute Gasteiger partial charge is 0.459 e. The maximum atomic E-state index is 10.5. The Morgan fingerprint density at radius 3 is 3.18 bits per heavy atom. The van der Waals surface area contributed by atoms with Crippen molar-refractivity contribution in [2.24, 2.45) is 0 Å². The number of aromatic amines is 1. The second-order valence-corrected chi connectivity index (χ2v) is 1.71. The van der Waals surface area contributed by atoms with E-state index in [1.807, 2.05) is 0 Å². The van der Waals surface area contributed by atoms with Crippen LogP contribution in [0.3, 0.4) is 0 Å². The van der Waals surface area contributed by atoms with E-state index in [2.05, 4.69) is 26.8 Å². The summed E-state index contributed by atoms with van der Waals surface area (Å²) in [6.45, 7) is 0. The molecule has 0 saturated heterocycles. The van der Waals surface area contributed by atoms with Crippen LogP contribution < -0.4 is 0 Å². The minimum atomic E-state index is -0.556. The standard InChI is InChI=1S/C7H6N2O2/c1-11-7(10)3-2-6-4-5-8-9-6/h4-5H,1H3,(H,8,9). The summed E-state index contributed by atoms with van der Waals surface area (Å²) in [6, 6.07) is 1.66. The van der Waals surface area contributed by atoms with Gasteiger partial charge in [-0.2, -0.15) is 5.10 Å². The highest BCUT2D eigenvalue weighted by molar-refractivity contribution is 5.88. The molecule has 0 radical (unpaired) electrons. The number of carbonyl (C=O) groups is 1. The highest BCUT2D eigenvalue weighted by Gasteiger charge is 1.89. The summed E-state index contributed by atoms with van der Waals surface area (Å²) in [4.78, 5) is 10.5. The second kappa shape index (κ2) is 3.42. The normalized spacial score (nSPS) is 8.09. The number of esters is 1. The molecule has 0 aliphatic heterocycles. The molecule has 4 nitrogen and oxygen atoms in total. The van der Waals surface area contributed by atoms with E-state index in [1.54, 1.807) is 12.3 Å². The fourth-order valence-electron chi connectivity index (χ4n) is 0.495. The summed E-state index contributed by atoms with van der Waals surface area (Å²) >= 11 is 0. The van der Waals surface area contributed by atoms with E-state index in [4.69, 9.17) is 0 Å². The zero-order valence-corrected chi connectivity index (χ0v) is 5.92. The van der Waals surface area contributed by atoms with Gasteiger partial charge in [-0.3, -0.25) is 5.10 Å². The van der Waals surface area contributed by atoms with Crippen molar-refractivity contribution in [3.63, 3.8) is 0 Å². The second-order valence-electron chi connectivity index (χ2n) is 1.71. The van der Waals surface area contributed by atoms with Crippen molar-refractivity contribution in [2.45, 2.75) is 0 Å². The minimum absolute atomic E-state index is 0.556. The summed E-state index contributed by atoms with van der Waals surface area (Å²) in [6.07, 6.45) is 1.56. The van der Waals surface area contributed by atoms with E-state index in [0.29, 0.717) is 5.69 Å². The van der Waals surface area contributed by atoms with Gasteiger partial charge in [0.2, 0.25) is 0 Å². The monoisotopic (exact) mass is 150 g/mol. The fraction of sp³-hybridized carbons (Fsp3) is 0.143. The molecule has 0 spiro atoms. The molecule has 0 aliphatic carbocycles. The first-order valence-corrected chi connectivity index (χ1v) is 2.92. The Morgan fingerprint density at radius 2 is 2.64 bits per heavy atom. The van der Waals surface area contributed by atoms with Crippen LogP contribution in [-0.2, 0) is 9.53 Å². The van der Waals surface area contributed by atoms with Gasteiger partial charge in [-0.05, 0) is 12.0 Å². The van der Waals surface area contributed by atoms with Gasteiger partial charge in [0, 0.05) is 12.1 Å². The number of rotatable bonds is 0. The molecule has 0 saturated carbocycles. The van der Waals surface area contributed by atoms with Crippen molar-refractivity contribution in [3.05, 3.63) is 18.0 Å². The molecule has 0 aliphatic rings. The van der Waals surface area contributed by atoms with E-state index in [0.717, 1.165) is 0 Å². The number of H-pyrrole nitrogens is 1. The van der Waals surface area contributed by atoms with Crippen LogP contribution in [-0.4, -0.2) is 23.3 Å². The van der Waals surface area contributed by atoms with E-state index in [9.17, 15) is 4.79 Å². The quantitative estimate of drug-likeness (QED) is 0.416. The van der Waals surface area contributed by atoms with Gasteiger partial charge in [0.15, 0.2) is 0 Å². The topological polar surface area (TPSA) is 55.0 Å². The third-order valence-corrected chi connectivity index (χ3v) is 0.985. The Hall–Kier alpha value is -1.76. The van der Waals surface area contributed by atoms with Crippen molar-refractivity contribution in [1.82, 2.24) is 10.2 Å². The molecule has 1 N–H and O–H groups in total. The lowest BCUT2D eigenvalue weighted by Gasteiger charge is -1.82. The summed E-state index contributed by atoms with van der Waals surface area (Å²) < 4.78 is 4.30. The third kappa shape index (κ3) is 2.14. The van der Waals surface area contributed by atoms with E-state index < -0.39 is 5.97 Å². The van der Waals surface area contributed by atoms with Crippen LogP contribution in [0.4, 0.5) is 0 Å². The van der Waals surface area contributed by atoms with Crippen molar-refractivity contribution >= 4 is 5.97 Å². The highest BCUT2D eigenvalue weighted by Crippen LogP contribution is 1.85. The maximum Gasteiger partial charge on any atom is 0.384 e. The average Bonchev–Trinajstić information content (AvgIpc) is 2.52. The number of hydrogen-bond acceptors (Lipinski definition) is 3. The average molecular weight is 150 g/mol. The zero-order chi connectivity index (χ0) is 8.10. The van der Waals surface area contributed by atoms with Gasteiger partial charge in [0.1, 0.15) is 5.69 Å². The Morgan fingerprint density at radius 1 is 1.82 bits per heavy atom. The number of carbonyl (C=O) groups excluding carboxylic acids is 1. The molecule has 1 aromatic heterocycles. The Labute approximate surface area is 63.6 Å². The number of hydrogen-bond donors (Lipinski definition) is 1. The van der Waals surface area contributed by atoms with Gasteiger partial charge < -0.3 is 4.74 Å². The van der Waals surface area contributed by atoms with Crippen LogP contribution in [0.25, 0.3) is 0 Å². The first-order valence-electron chi connectivity index (χ1n) is 2.92. The number of ether oxygens (including phenoxy) is 1. The molecule has 0 aromatic carbocycles. The first kappa shape index (κ1) is 7.35. The number of methoxy groups -OCH3 is 1. The van der Waals surface area contributed by atoms with Crippen LogP contribution >= 0.6 is 0 Å². The Kier molecular flexibility index (Phi) is 2.28.